The molecule has 0 aromatic carbocycles. The second-order valence-corrected chi connectivity index (χ2v) is 8.04. The largest absolute Gasteiger partial charge is 0.401 e. The predicted molar refractivity (Wildman–Crippen MR) is 108 cm³/mol. The first-order valence-electron chi connectivity index (χ1n) is 10.6. The van der Waals surface area contributed by atoms with E-state index in [9.17, 15) is 13.2 Å². The summed E-state index contributed by atoms with van der Waals surface area (Å²) in [4.78, 5) is 11.1. The SMILES string of the molecule is CCNC(=NCC(C)CN1CCN(CC)CC1)NC1CCN(CC(F)(F)F)C1. The lowest BCUT2D eigenvalue weighted by molar-refractivity contribution is -0.143. The minimum absolute atomic E-state index is 0.0116. The van der Waals surface area contributed by atoms with E-state index in [0.717, 1.165) is 45.8 Å². The zero-order chi connectivity index (χ0) is 20.6. The van der Waals surface area contributed by atoms with Gasteiger partial charge in [0.25, 0.3) is 0 Å². The Morgan fingerprint density at radius 1 is 1.07 bits per heavy atom. The third-order valence-corrected chi connectivity index (χ3v) is 5.40. The van der Waals surface area contributed by atoms with Crippen LogP contribution in [0.15, 0.2) is 4.99 Å². The Balaban J connectivity index is 1.75. The van der Waals surface area contributed by atoms with Gasteiger partial charge in [-0.2, -0.15) is 13.2 Å². The van der Waals surface area contributed by atoms with Crippen LogP contribution in [-0.4, -0.2) is 105 Å². The van der Waals surface area contributed by atoms with Gasteiger partial charge in [-0.1, -0.05) is 13.8 Å². The number of likely N-dealkylation sites (N-methyl/N-ethyl adjacent to an activating group) is 1. The topological polar surface area (TPSA) is 46.1 Å². The van der Waals surface area contributed by atoms with Gasteiger partial charge in [0.2, 0.25) is 0 Å². The summed E-state index contributed by atoms with van der Waals surface area (Å²) < 4.78 is 37.7. The van der Waals surface area contributed by atoms with Crippen molar-refractivity contribution in [3.05, 3.63) is 0 Å². The van der Waals surface area contributed by atoms with E-state index in [-0.39, 0.29) is 6.04 Å². The molecule has 2 atom stereocenters. The number of piperazine rings is 1. The second-order valence-electron chi connectivity index (χ2n) is 8.04. The Morgan fingerprint density at radius 2 is 1.75 bits per heavy atom. The number of aliphatic imine (C=N–C) groups is 1. The van der Waals surface area contributed by atoms with Crippen LogP contribution in [0.1, 0.15) is 27.2 Å². The number of nitrogens with zero attached hydrogens (tertiary/aromatic N) is 4. The zero-order valence-electron chi connectivity index (χ0n) is 17.6. The molecule has 2 aliphatic heterocycles. The summed E-state index contributed by atoms with van der Waals surface area (Å²) in [6.07, 6.45) is -3.43. The Morgan fingerprint density at radius 3 is 2.36 bits per heavy atom. The highest BCUT2D eigenvalue weighted by Gasteiger charge is 2.34. The van der Waals surface area contributed by atoms with Gasteiger partial charge in [0.1, 0.15) is 0 Å². The van der Waals surface area contributed by atoms with E-state index in [2.05, 4.69) is 39.3 Å². The fourth-order valence-electron chi connectivity index (χ4n) is 3.89. The van der Waals surface area contributed by atoms with Gasteiger partial charge < -0.3 is 20.4 Å². The molecule has 2 heterocycles. The van der Waals surface area contributed by atoms with Crippen LogP contribution in [-0.2, 0) is 0 Å². The molecular weight excluding hydrogens is 369 g/mol. The molecule has 0 aromatic heterocycles. The van der Waals surface area contributed by atoms with Crippen LogP contribution in [0, 0.1) is 5.92 Å². The number of nitrogens with one attached hydrogen (secondary N) is 2. The van der Waals surface area contributed by atoms with Crippen molar-refractivity contribution in [2.75, 3.05) is 72.0 Å². The van der Waals surface area contributed by atoms with Crippen LogP contribution in [0.4, 0.5) is 13.2 Å². The van der Waals surface area contributed by atoms with Crippen LogP contribution >= 0.6 is 0 Å². The summed E-state index contributed by atoms with van der Waals surface area (Å²) in [7, 11) is 0. The number of alkyl halides is 3. The molecule has 0 radical (unpaired) electrons. The van der Waals surface area contributed by atoms with Gasteiger partial charge in [-0.25, -0.2) is 0 Å². The first-order valence-corrected chi connectivity index (χ1v) is 10.6. The summed E-state index contributed by atoms with van der Waals surface area (Å²) >= 11 is 0. The average molecular weight is 407 g/mol. The van der Waals surface area contributed by atoms with Crippen LogP contribution in [0.25, 0.3) is 0 Å². The van der Waals surface area contributed by atoms with E-state index >= 15 is 0 Å². The molecule has 6 nitrogen and oxygen atoms in total. The number of halogens is 3. The molecule has 164 valence electrons. The van der Waals surface area contributed by atoms with E-state index in [1.54, 1.807) is 0 Å². The molecule has 2 saturated heterocycles. The Hall–Kier alpha value is -1.06. The van der Waals surface area contributed by atoms with Crippen molar-refractivity contribution >= 4 is 5.96 Å². The van der Waals surface area contributed by atoms with Gasteiger partial charge >= 0.3 is 6.18 Å². The van der Waals surface area contributed by atoms with Gasteiger partial charge in [-0.05, 0) is 25.8 Å². The quantitative estimate of drug-likeness (QED) is 0.472. The smallest absolute Gasteiger partial charge is 0.357 e. The molecule has 0 bridgehead atoms. The zero-order valence-corrected chi connectivity index (χ0v) is 17.6. The molecule has 9 heteroatoms. The third kappa shape index (κ3) is 8.53. The Labute approximate surface area is 167 Å². The normalized spacial score (nSPS) is 24.5. The summed E-state index contributed by atoms with van der Waals surface area (Å²) in [5.74, 6) is 1.15. The molecule has 2 N–H and O–H groups in total. The van der Waals surface area contributed by atoms with Crippen molar-refractivity contribution < 1.29 is 13.2 Å². The summed E-state index contributed by atoms with van der Waals surface area (Å²) in [6, 6.07) is 0.0116. The predicted octanol–water partition coefficient (Wildman–Crippen LogP) is 1.45. The van der Waals surface area contributed by atoms with Crippen molar-refractivity contribution in [2.45, 2.75) is 39.4 Å². The Bertz CT molecular complexity index is 477. The molecule has 2 rings (SSSR count). The highest BCUT2D eigenvalue weighted by atomic mass is 19.4. The lowest BCUT2D eigenvalue weighted by atomic mass is 10.1. The molecular formula is C19H37F3N6. The first kappa shape index (κ1) is 23.2. The number of rotatable bonds is 8. The standard InChI is InChI=1S/C19H37F3N6/c1-4-23-18(25-17-6-7-28(14-17)15-19(20,21)22)24-12-16(3)13-27-10-8-26(5-2)9-11-27/h16-17H,4-15H2,1-3H3,(H2,23,24,25). The number of guanidine groups is 1. The molecule has 0 spiro atoms. The molecule has 28 heavy (non-hydrogen) atoms. The summed E-state index contributed by atoms with van der Waals surface area (Å²) in [5.41, 5.74) is 0. The molecule has 2 aliphatic rings. The average Bonchev–Trinajstić information content (AvgIpc) is 3.05. The van der Waals surface area contributed by atoms with Crippen molar-refractivity contribution in [1.82, 2.24) is 25.3 Å². The molecule has 0 aliphatic carbocycles. The fraction of sp³-hybridized carbons (Fsp3) is 0.947. The summed E-state index contributed by atoms with van der Waals surface area (Å²) in [6.45, 7) is 14.5. The number of hydrogen-bond donors (Lipinski definition) is 2. The maximum Gasteiger partial charge on any atom is 0.401 e. The van der Waals surface area contributed by atoms with Gasteiger partial charge in [-0.15, -0.1) is 0 Å². The van der Waals surface area contributed by atoms with Crippen molar-refractivity contribution in [1.29, 1.82) is 0 Å². The minimum Gasteiger partial charge on any atom is -0.357 e. The Kier molecular flexibility index (Phi) is 9.30. The molecule has 0 saturated carbocycles. The van der Waals surface area contributed by atoms with Crippen LogP contribution in [0.5, 0.6) is 0 Å². The van der Waals surface area contributed by atoms with Crippen LogP contribution in [0.2, 0.25) is 0 Å². The van der Waals surface area contributed by atoms with Crippen LogP contribution in [0.3, 0.4) is 0 Å². The van der Waals surface area contributed by atoms with Gasteiger partial charge in [0.15, 0.2) is 5.96 Å². The molecule has 0 amide bonds. The lowest BCUT2D eigenvalue weighted by Gasteiger charge is -2.35. The minimum atomic E-state index is -4.13. The van der Waals surface area contributed by atoms with Gasteiger partial charge in [0, 0.05) is 64.9 Å². The van der Waals surface area contributed by atoms with Gasteiger partial charge in [0.05, 0.1) is 6.54 Å². The maximum atomic E-state index is 12.6. The van der Waals surface area contributed by atoms with E-state index in [1.165, 1.54) is 4.90 Å². The van der Waals surface area contributed by atoms with Gasteiger partial charge in [-0.3, -0.25) is 9.89 Å². The highest BCUT2D eigenvalue weighted by molar-refractivity contribution is 5.80. The van der Waals surface area contributed by atoms with Crippen molar-refractivity contribution in [3.63, 3.8) is 0 Å². The van der Waals surface area contributed by atoms with Crippen LogP contribution < -0.4 is 10.6 Å². The molecule has 0 aromatic rings. The lowest BCUT2D eigenvalue weighted by Crippen LogP contribution is -2.47. The number of hydrogen-bond acceptors (Lipinski definition) is 4. The maximum absolute atomic E-state index is 12.6. The molecule has 2 unspecified atom stereocenters. The highest BCUT2D eigenvalue weighted by Crippen LogP contribution is 2.19. The van der Waals surface area contributed by atoms with E-state index in [0.29, 0.717) is 37.9 Å². The monoisotopic (exact) mass is 406 g/mol. The third-order valence-electron chi connectivity index (χ3n) is 5.40. The first-order chi connectivity index (χ1) is 13.3. The van der Waals surface area contributed by atoms with Crippen molar-refractivity contribution in [3.8, 4) is 0 Å². The fourth-order valence-corrected chi connectivity index (χ4v) is 3.89. The molecule has 2 fully saturated rings. The van der Waals surface area contributed by atoms with E-state index in [1.807, 2.05) is 6.92 Å². The van der Waals surface area contributed by atoms with E-state index in [4.69, 9.17) is 0 Å². The van der Waals surface area contributed by atoms with Crippen molar-refractivity contribution in [2.24, 2.45) is 10.9 Å². The number of likely N-dealkylation sites (tertiary alicyclic amines) is 1. The summed E-state index contributed by atoms with van der Waals surface area (Å²) in [5, 5.41) is 6.54. The second kappa shape index (κ2) is 11.2. The van der Waals surface area contributed by atoms with E-state index < -0.39 is 12.7 Å².